The van der Waals surface area contributed by atoms with Gasteiger partial charge in [-0.25, -0.2) is 4.98 Å². The lowest BCUT2D eigenvalue weighted by Crippen LogP contribution is -2.25. The Labute approximate surface area is 151 Å². The second-order valence-corrected chi connectivity index (χ2v) is 6.59. The minimum Gasteiger partial charge on any atom is -0.464 e. The molecule has 2 aromatic heterocycles. The molecule has 0 saturated heterocycles. The molecule has 3 aromatic rings. The molecule has 0 spiro atoms. The van der Waals surface area contributed by atoms with Crippen molar-refractivity contribution in [2.24, 2.45) is 0 Å². The molecule has 0 radical (unpaired) electrons. The molecule has 1 aromatic carbocycles. The molecule has 0 fully saturated rings. The summed E-state index contributed by atoms with van der Waals surface area (Å²) in [6.45, 7) is 4.31. The quantitative estimate of drug-likeness (QED) is 0.785. The summed E-state index contributed by atoms with van der Waals surface area (Å²) >= 11 is 0. The number of carbonyl (C=O) groups excluding carboxylic acids is 1. The standard InChI is InChI=1S/C20H21N3O3/c1-12-6-7-23-17(8-12)22-13(2)19(23)20(24)21-11-14-4-5-16-15(9-14)10-18(25-3)26-16/h4-9,18H,10-11H2,1-3H3,(H,21,24). The molecule has 1 atom stereocenters. The molecule has 1 aliphatic heterocycles. The van der Waals surface area contributed by atoms with Crippen molar-refractivity contribution < 1.29 is 14.3 Å². The predicted molar refractivity (Wildman–Crippen MR) is 97.4 cm³/mol. The molecule has 0 aliphatic carbocycles. The van der Waals surface area contributed by atoms with Gasteiger partial charge in [-0.3, -0.25) is 9.20 Å². The maximum atomic E-state index is 12.7. The number of methoxy groups -OCH3 is 1. The van der Waals surface area contributed by atoms with E-state index in [4.69, 9.17) is 9.47 Å². The number of imidazole rings is 1. The van der Waals surface area contributed by atoms with Crippen LogP contribution < -0.4 is 10.1 Å². The van der Waals surface area contributed by atoms with E-state index >= 15 is 0 Å². The third-order valence-electron chi connectivity index (χ3n) is 4.66. The number of hydrogen-bond acceptors (Lipinski definition) is 4. The van der Waals surface area contributed by atoms with Gasteiger partial charge in [0.1, 0.15) is 17.1 Å². The number of ether oxygens (including phenoxy) is 2. The Hall–Kier alpha value is -2.86. The third kappa shape index (κ3) is 2.93. The lowest BCUT2D eigenvalue weighted by atomic mass is 10.1. The monoisotopic (exact) mass is 351 g/mol. The van der Waals surface area contributed by atoms with Gasteiger partial charge in [0.2, 0.25) is 6.29 Å². The Balaban J connectivity index is 1.51. The highest BCUT2D eigenvalue weighted by Gasteiger charge is 2.22. The number of benzene rings is 1. The van der Waals surface area contributed by atoms with Crippen LogP contribution in [0.2, 0.25) is 0 Å². The van der Waals surface area contributed by atoms with Gasteiger partial charge in [-0.05, 0) is 43.2 Å². The molecule has 1 unspecified atom stereocenters. The largest absolute Gasteiger partial charge is 0.464 e. The summed E-state index contributed by atoms with van der Waals surface area (Å²) in [6, 6.07) is 9.88. The number of rotatable bonds is 4. The summed E-state index contributed by atoms with van der Waals surface area (Å²) in [5.74, 6) is 0.713. The second-order valence-electron chi connectivity index (χ2n) is 6.59. The van der Waals surface area contributed by atoms with Crippen LogP contribution >= 0.6 is 0 Å². The maximum absolute atomic E-state index is 12.7. The topological polar surface area (TPSA) is 64.9 Å². The van der Waals surface area contributed by atoms with Gasteiger partial charge in [0.15, 0.2) is 0 Å². The van der Waals surface area contributed by atoms with Crippen molar-refractivity contribution in [2.45, 2.75) is 33.1 Å². The van der Waals surface area contributed by atoms with Crippen molar-refractivity contribution in [3.05, 3.63) is 64.6 Å². The first kappa shape index (κ1) is 16.6. The van der Waals surface area contributed by atoms with E-state index in [0.717, 1.165) is 40.2 Å². The van der Waals surface area contributed by atoms with Crippen LogP contribution in [0.5, 0.6) is 5.75 Å². The smallest absolute Gasteiger partial charge is 0.270 e. The molecule has 1 N–H and O–H groups in total. The minimum absolute atomic E-state index is 0.134. The number of nitrogens with zero attached hydrogens (tertiary/aromatic N) is 2. The number of fused-ring (bicyclic) bond motifs is 2. The molecule has 134 valence electrons. The van der Waals surface area contributed by atoms with Crippen LogP contribution in [0, 0.1) is 13.8 Å². The van der Waals surface area contributed by atoms with Gasteiger partial charge in [0.05, 0.1) is 5.69 Å². The van der Waals surface area contributed by atoms with Crippen LogP contribution in [0.3, 0.4) is 0 Å². The molecule has 0 bridgehead atoms. The first-order chi connectivity index (χ1) is 12.5. The van der Waals surface area contributed by atoms with E-state index in [-0.39, 0.29) is 12.2 Å². The highest BCUT2D eigenvalue weighted by Crippen LogP contribution is 2.29. The molecule has 1 amide bonds. The molecule has 6 heteroatoms. The van der Waals surface area contributed by atoms with Crippen LogP contribution in [0.25, 0.3) is 5.65 Å². The Kier molecular flexibility index (Phi) is 4.12. The van der Waals surface area contributed by atoms with Crippen molar-refractivity contribution >= 4 is 11.6 Å². The first-order valence-electron chi connectivity index (χ1n) is 8.60. The Morgan fingerprint density at radius 2 is 2.19 bits per heavy atom. The Morgan fingerprint density at radius 1 is 1.35 bits per heavy atom. The summed E-state index contributed by atoms with van der Waals surface area (Å²) in [7, 11) is 1.64. The summed E-state index contributed by atoms with van der Waals surface area (Å²) in [4.78, 5) is 17.2. The third-order valence-corrected chi connectivity index (χ3v) is 4.66. The fourth-order valence-corrected chi connectivity index (χ4v) is 3.32. The van der Waals surface area contributed by atoms with E-state index in [1.165, 1.54) is 0 Å². The van der Waals surface area contributed by atoms with Crippen molar-refractivity contribution in [1.82, 2.24) is 14.7 Å². The summed E-state index contributed by atoms with van der Waals surface area (Å²) in [5.41, 5.74) is 5.32. The summed E-state index contributed by atoms with van der Waals surface area (Å²) in [6.07, 6.45) is 2.38. The number of pyridine rings is 1. The Morgan fingerprint density at radius 3 is 3.00 bits per heavy atom. The van der Waals surface area contributed by atoms with E-state index in [0.29, 0.717) is 12.2 Å². The summed E-state index contributed by atoms with van der Waals surface area (Å²) in [5, 5.41) is 2.99. The molecule has 1 aliphatic rings. The van der Waals surface area contributed by atoms with Crippen LogP contribution in [0.1, 0.15) is 32.9 Å². The highest BCUT2D eigenvalue weighted by molar-refractivity contribution is 5.94. The van der Waals surface area contributed by atoms with E-state index in [2.05, 4.69) is 16.4 Å². The average molecular weight is 351 g/mol. The molecule has 3 heterocycles. The normalized spacial score (nSPS) is 15.7. The van der Waals surface area contributed by atoms with Crippen molar-refractivity contribution in [2.75, 3.05) is 7.11 Å². The average Bonchev–Trinajstić information content (AvgIpc) is 3.18. The molecular weight excluding hydrogens is 330 g/mol. The molecule has 4 rings (SSSR count). The zero-order valence-electron chi connectivity index (χ0n) is 15.1. The van der Waals surface area contributed by atoms with Gasteiger partial charge in [-0.2, -0.15) is 0 Å². The van der Waals surface area contributed by atoms with Crippen LogP contribution in [0.4, 0.5) is 0 Å². The van der Waals surface area contributed by atoms with E-state index < -0.39 is 0 Å². The van der Waals surface area contributed by atoms with Crippen molar-refractivity contribution in [3.63, 3.8) is 0 Å². The van der Waals surface area contributed by atoms with Crippen LogP contribution in [-0.2, 0) is 17.7 Å². The van der Waals surface area contributed by atoms with Gasteiger partial charge < -0.3 is 14.8 Å². The molecule has 6 nitrogen and oxygen atoms in total. The summed E-state index contributed by atoms with van der Waals surface area (Å²) < 4.78 is 12.7. The molecular formula is C20H21N3O3. The number of carbonyl (C=O) groups is 1. The number of hydrogen-bond donors (Lipinski definition) is 1. The SMILES string of the molecule is COC1Cc2cc(CNC(=O)c3c(C)nc4cc(C)ccn34)ccc2O1. The zero-order chi connectivity index (χ0) is 18.3. The maximum Gasteiger partial charge on any atom is 0.270 e. The van der Waals surface area contributed by atoms with Crippen LogP contribution in [-0.4, -0.2) is 28.7 Å². The lowest BCUT2D eigenvalue weighted by molar-refractivity contribution is -0.0367. The van der Waals surface area contributed by atoms with Crippen molar-refractivity contribution in [3.8, 4) is 5.75 Å². The van der Waals surface area contributed by atoms with E-state index in [1.54, 1.807) is 7.11 Å². The van der Waals surface area contributed by atoms with Gasteiger partial charge in [-0.15, -0.1) is 0 Å². The van der Waals surface area contributed by atoms with Gasteiger partial charge >= 0.3 is 0 Å². The Bertz CT molecular complexity index is 993. The fraction of sp³-hybridized carbons (Fsp3) is 0.300. The van der Waals surface area contributed by atoms with E-state index in [9.17, 15) is 4.79 Å². The van der Waals surface area contributed by atoms with Crippen LogP contribution in [0.15, 0.2) is 36.5 Å². The minimum atomic E-state index is -0.223. The van der Waals surface area contributed by atoms with Crippen molar-refractivity contribution in [1.29, 1.82) is 0 Å². The van der Waals surface area contributed by atoms with E-state index in [1.807, 2.05) is 48.7 Å². The molecule has 26 heavy (non-hydrogen) atoms. The van der Waals surface area contributed by atoms with Gasteiger partial charge in [0.25, 0.3) is 5.91 Å². The predicted octanol–water partition coefficient (Wildman–Crippen LogP) is 2.79. The number of aromatic nitrogens is 2. The van der Waals surface area contributed by atoms with Gasteiger partial charge in [-0.1, -0.05) is 12.1 Å². The number of amides is 1. The molecule has 0 saturated carbocycles. The first-order valence-corrected chi connectivity index (χ1v) is 8.60. The second kappa shape index (κ2) is 6.46. The number of aryl methyl sites for hydroxylation is 2. The lowest BCUT2D eigenvalue weighted by Gasteiger charge is -2.08. The number of nitrogens with one attached hydrogen (secondary N) is 1. The fourth-order valence-electron chi connectivity index (χ4n) is 3.32. The zero-order valence-corrected chi connectivity index (χ0v) is 15.1. The highest BCUT2D eigenvalue weighted by atomic mass is 16.7. The van der Waals surface area contributed by atoms with Gasteiger partial charge in [0, 0.05) is 31.8 Å².